The maximum atomic E-state index is 4.81. The van der Waals surface area contributed by atoms with Crippen LogP contribution in [0.4, 0.5) is 0 Å². The third kappa shape index (κ3) is 2.95. The Kier molecular flexibility index (Phi) is 4.38. The van der Waals surface area contributed by atoms with E-state index in [4.69, 9.17) is 4.98 Å². The largest absolute Gasteiger partial charge is 0.256 e. The predicted molar refractivity (Wildman–Crippen MR) is 139 cm³/mol. The fraction of sp³-hybridized carbons (Fsp3) is 0.100. The van der Waals surface area contributed by atoms with E-state index < -0.39 is 0 Å². The van der Waals surface area contributed by atoms with E-state index in [9.17, 15) is 0 Å². The number of fused-ring (bicyclic) bond motifs is 5. The van der Waals surface area contributed by atoms with Gasteiger partial charge in [-0.1, -0.05) is 98.8 Å². The molecule has 154 valence electrons. The minimum atomic E-state index is -0.0940. The van der Waals surface area contributed by atoms with Crippen molar-refractivity contribution in [3.05, 3.63) is 114 Å². The Morgan fingerprint density at radius 1 is 0.625 bits per heavy atom. The van der Waals surface area contributed by atoms with E-state index in [2.05, 4.69) is 111 Å². The van der Waals surface area contributed by atoms with Crippen LogP contribution in [0.15, 0.2) is 103 Å². The molecule has 6 rings (SSSR count). The molecule has 0 bridgehead atoms. The quantitative estimate of drug-likeness (QED) is 0.274. The summed E-state index contributed by atoms with van der Waals surface area (Å²) in [5.74, 6) is 0. The van der Waals surface area contributed by atoms with Gasteiger partial charge in [0.2, 0.25) is 0 Å². The number of aromatic nitrogens is 1. The van der Waals surface area contributed by atoms with Crippen molar-refractivity contribution >= 4 is 42.3 Å². The number of rotatable bonds is 3. The van der Waals surface area contributed by atoms with Gasteiger partial charge in [-0.25, -0.2) is 0 Å². The summed E-state index contributed by atoms with van der Waals surface area (Å²) in [4.78, 5) is 4.81. The molecule has 2 aromatic heterocycles. The van der Waals surface area contributed by atoms with Crippen LogP contribution in [-0.4, -0.2) is 4.98 Å². The molecule has 2 heteroatoms. The van der Waals surface area contributed by atoms with Crippen LogP contribution in [0.25, 0.3) is 42.2 Å². The lowest BCUT2D eigenvalue weighted by Crippen LogP contribution is -2.18. The van der Waals surface area contributed by atoms with Crippen molar-refractivity contribution in [1.29, 1.82) is 0 Å². The van der Waals surface area contributed by atoms with Gasteiger partial charge in [0.1, 0.15) is 0 Å². The Morgan fingerprint density at radius 2 is 1.38 bits per heavy atom. The molecule has 0 atom stereocenters. The first-order chi connectivity index (χ1) is 15.6. The maximum absolute atomic E-state index is 4.81. The van der Waals surface area contributed by atoms with Gasteiger partial charge in [0, 0.05) is 37.3 Å². The zero-order valence-electron chi connectivity index (χ0n) is 18.2. The zero-order valence-corrected chi connectivity index (χ0v) is 19.0. The Morgan fingerprint density at radius 3 is 2.25 bits per heavy atom. The van der Waals surface area contributed by atoms with E-state index in [0.717, 1.165) is 5.69 Å². The molecule has 0 fully saturated rings. The van der Waals surface area contributed by atoms with Gasteiger partial charge in [-0.15, -0.1) is 11.3 Å². The Labute approximate surface area is 192 Å². The molecule has 1 nitrogen and oxygen atoms in total. The summed E-state index contributed by atoms with van der Waals surface area (Å²) in [5.41, 5.74) is 4.73. The fourth-order valence-corrected chi connectivity index (χ4v) is 6.07. The van der Waals surface area contributed by atoms with Crippen LogP contribution in [0.5, 0.6) is 0 Å². The molecule has 0 saturated heterocycles. The topological polar surface area (TPSA) is 12.9 Å². The molecule has 2 heterocycles. The van der Waals surface area contributed by atoms with E-state index in [1.54, 1.807) is 0 Å². The highest BCUT2D eigenvalue weighted by Crippen LogP contribution is 2.43. The number of hydrogen-bond acceptors (Lipinski definition) is 2. The molecule has 0 aliphatic heterocycles. The van der Waals surface area contributed by atoms with Gasteiger partial charge >= 0.3 is 0 Å². The van der Waals surface area contributed by atoms with E-state index in [1.807, 2.05) is 17.5 Å². The zero-order chi connectivity index (χ0) is 21.7. The molecule has 0 aliphatic rings. The lowest BCUT2D eigenvalue weighted by atomic mass is 9.78. The summed E-state index contributed by atoms with van der Waals surface area (Å²) < 4.78 is 2.66. The smallest absolute Gasteiger partial charge is 0.0719 e. The Bertz CT molecular complexity index is 1590. The Hall–Kier alpha value is -3.49. The second-order valence-electron chi connectivity index (χ2n) is 8.87. The first kappa shape index (κ1) is 19.2. The second-order valence-corrected chi connectivity index (χ2v) is 9.89. The van der Waals surface area contributed by atoms with Crippen LogP contribution in [0.2, 0.25) is 0 Å². The normalized spacial score (nSPS) is 12.1. The summed E-state index contributed by atoms with van der Waals surface area (Å²) in [6, 6.07) is 34.9. The van der Waals surface area contributed by atoms with Crippen LogP contribution < -0.4 is 0 Å². The van der Waals surface area contributed by atoms with Gasteiger partial charge < -0.3 is 0 Å². The molecule has 0 N–H and O–H groups in total. The maximum Gasteiger partial charge on any atom is 0.0719 e. The minimum Gasteiger partial charge on any atom is -0.256 e. The van der Waals surface area contributed by atoms with Gasteiger partial charge in [0.25, 0.3) is 0 Å². The summed E-state index contributed by atoms with van der Waals surface area (Å²) in [6.07, 6.45) is 1.96. The molecule has 32 heavy (non-hydrogen) atoms. The van der Waals surface area contributed by atoms with E-state index in [0.29, 0.717) is 0 Å². The van der Waals surface area contributed by atoms with Crippen molar-refractivity contribution in [3.63, 3.8) is 0 Å². The number of hydrogen-bond donors (Lipinski definition) is 0. The predicted octanol–water partition coefficient (Wildman–Crippen LogP) is 8.60. The number of nitrogens with zero attached hydrogens (tertiary/aromatic N) is 1. The average Bonchev–Trinajstić information content (AvgIpc) is 3.24. The lowest BCUT2D eigenvalue weighted by molar-refractivity contribution is 0.640. The van der Waals surface area contributed by atoms with Gasteiger partial charge in [0.15, 0.2) is 0 Å². The van der Waals surface area contributed by atoms with Gasteiger partial charge in [-0.05, 0) is 34.0 Å². The highest BCUT2D eigenvalue weighted by Gasteiger charge is 2.24. The first-order valence-corrected chi connectivity index (χ1v) is 11.8. The van der Waals surface area contributed by atoms with E-state index in [1.165, 1.54) is 47.6 Å². The molecule has 0 unspecified atom stereocenters. The molecule has 6 aromatic rings. The minimum absolute atomic E-state index is 0.0940. The van der Waals surface area contributed by atoms with Gasteiger partial charge in [-0.3, -0.25) is 4.98 Å². The van der Waals surface area contributed by atoms with Gasteiger partial charge in [-0.2, -0.15) is 0 Å². The van der Waals surface area contributed by atoms with Crippen LogP contribution in [0, 0.1) is 0 Å². The van der Waals surface area contributed by atoms with Crippen LogP contribution in [0.3, 0.4) is 0 Å². The van der Waals surface area contributed by atoms with Crippen molar-refractivity contribution in [2.45, 2.75) is 19.3 Å². The van der Waals surface area contributed by atoms with Crippen molar-refractivity contribution in [1.82, 2.24) is 4.98 Å². The van der Waals surface area contributed by atoms with Crippen LogP contribution in [0.1, 0.15) is 25.0 Å². The summed E-state index contributed by atoms with van der Waals surface area (Å²) in [5, 5.41) is 5.25. The summed E-state index contributed by atoms with van der Waals surface area (Å²) in [6.45, 7) is 4.57. The van der Waals surface area contributed by atoms with Crippen molar-refractivity contribution < 1.29 is 0 Å². The molecular weight excluding hydrogens is 406 g/mol. The van der Waals surface area contributed by atoms with Gasteiger partial charge in [0.05, 0.1) is 5.69 Å². The number of pyridine rings is 1. The molecule has 4 aromatic carbocycles. The lowest BCUT2D eigenvalue weighted by Gasteiger charge is -2.26. The Balaban J connectivity index is 1.56. The second kappa shape index (κ2) is 7.29. The third-order valence-electron chi connectivity index (χ3n) is 6.64. The van der Waals surface area contributed by atoms with E-state index in [-0.39, 0.29) is 5.41 Å². The van der Waals surface area contributed by atoms with Crippen molar-refractivity contribution in [2.24, 2.45) is 0 Å². The highest BCUT2D eigenvalue weighted by molar-refractivity contribution is 7.27. The molecular formula is C30H23NS. The monoisotopic (exact) mass is 429 g/mol. The van der Waals surface area contributed by atoms with Crippen molar-refractivity contribution in [2.75, 3.05) is 0 Å². The number of thiophene rings is 1. The molecule has 0 amide bonds. The standard InChI is InChI=1S/C30H23NS/c1-30(2,21-10-4-3-5-11-21)22-17-18-31-27(19-22)26-14-8-13-24-25-16-15-20-9-6-7-12-23(20)28(25)32-29(24)26/h3-19H,1-2H3. The van der Waals surface area contributed by atoms with Crippen LogP contribution in [-0.2, 0) is 5.41 Å². The molecule has 0 spiro atoms. The molecule has 0 aliphatic carbocycles. The van der Waals surface area contributed by atoms with E-state index >= 15 is 0 Å². The third-order valence-corrected chi connectivity index (χ3v) is 7.93. The van der Waals surface area contributed by atoms with Crippen molar-refractivity contribution in [3.8, 4) is 11.3 Å². The first-order valence-electron chi connectivity index (χ1n) is 11.0. The molecule has 0 radical (unpaired) electrons. The fourth-order valence-electron chi connectivity index (χ4n) is 4.72. The summed E-state index contributed by atoms with van der Waals surface area (Å²) >= 11 is 1.88. The number of benzene rings is 4. The molecule has 0 saturated carbocycles. The van der Waals surface area contributed by atoms with Crippen LogP contribution >= 0.6 is 11.3 Å². The highest BCUT2D eigenvalue weighted by atomic mass is 32.1. The average molecular weight is 430 g/mol. The SMILES string of the molecule is CC(C)(c1ccccc1)c1ccnc(-c2cccc3c2sc2c4ccccc4ccc32)c1. The summed E-state index contributed by atoms with van der Waals surface area (Å²) in [7, 11) is 0.